The molecule has 1 aliphatic rings. The molecule has 0 saturated carbocycles. The molecule has 0 aromatic heterocycles. The zero-order valence-corrected chi connectivity index (χ0v) is 7.50. The predicted molar refractivity (Wildman–Crippen MR) is 45.8 cm³/mol. The van der Waals surface area contributed by atoms with E-state index in [2.05, 4.69) is 0 Å². The van der Waals surface area contributed by atoms with Crippen molar-refractivity contribution in [2.24, 2.45) is 0 Å². The van der Waals surface area contributed by atoms with Crippen LogP contribution in [-0.2, 0) is 16.1 Å². The van der Waals surface area contributed by atoms with E-state index >= 15 is 0 Å². The molecule has 1 aromatic carbocycles. The first kappa shape index (κ1) is 9.55. The van der Waals surface area contributed by atoms with Crippen molar-refractivity contribution in [2.75, 3.05) is 13.2 Å². The average Bonchev–Trinajstić information content (AvgIpc) is 2.09. The molecule has 0 unspecified atom stereocenters. The summed E-state index contributed by atoms with van der Waals surface area (Å²) < 4.78 is 36.0. The summed E-state index contributed by atoms with van der Waals surface area (Å²) in [5.74, 6) is -1.66. The molecule has 2 nitrogen and oxygen atoms in total. The van der Waals surface area contributed by atoms with Gasteiger partial charge in [-0.3, -0.25) is 0 Å². The van der Waals surface area contributed by atoms with E-state index in [1.807, 2.05) is 0 Å². The Balaban J connectivity index is 1.97. The van der Waals surface area contributed by atoms with Crippen LogP contribution in [0.15, 0.2) is 18.2 Å². The second-order valence-corrected chi connectivity index (χ2v) is 3.18. The van der Waals surface area contributed by atoms with Crippen molar-refractivity contribution >= 4 is 0 Å². The van der Waals surface area contributed by atoms with Crippen LogP contribution in [0.25, 0.3) is 0 Å². The highest BCUT2D eigenvalue weighted by molar-refractivity contribution is 5.18. The summed E-state index contributed by atoms with van der Waals surface area (Å²) in [6.07, 6.45) is 0.0256. The molecular weight excluding hydrogens is 190 g/mol. The van der Waals surface area contributed by atoms with Crippen LogP contribution in [0.2, 0.25) is 0 Å². The SMILES string of the molecule is Fc1cccc(COC2COC2)c1F. The van der Waals surface area contributed by atoms with E-state index in [9.17, 15) is 8.78 Å². The maximum Gasteiger partial charge on any atom is 0.164 e. The lowest BCUT2D eigenvalue weighted by Crippen LogP contribution is -2.35. The monoisotopic (exact) mass is 200 g/mol. The molecule has 0 spiro atoms. The van der Waals surface area contributed by atoms with Gasteiger partial charge in [-0.05, 0) is 6.07 Å². The van der Waals surface area contributed by atoms with Gasteiger partial charge in [0.15, 0.2) is 11.6 Å². The predicted octanol–water partition coefficient (Wildman–Crippen LogP) is 1.88. The molecule has 1 heterocycles. The Morgan fingerprint density at radius 2 is 2.14 bits per heavy atom. The van der Waals surface area contributed by atoms with E-state index in [0.717, 1.165) is 6.07 Å². The third kappa shape index (κ3) is 1.91. The Bertz CT molecular complexity index is 324. The Hall–Kier alpha value is -1.00. The highest BCUT2D eigenvalue weighted by Gasteiger charge is 2.19. The summed E-state index contributed by atoms with van der Waals surface area (Å²) in [5.41, 5.74) is 0.247. The topological polar surface area (TPSA) is 18.5 Å². The first-order chi connectivity index (χ1) is 6.77. The third-order valence-corrected chi connectivity index (χ3v) is 2.11. The molecule has 0 bridgehead atoms. The van der Waals surface area contributed by atoms with Crippen molar-refractivity contribution in [1.82, 2.24) is 0 Å². The highest BCUT2D eigenvalue weighted by atomic mass is 19.2. The molecule has 0 N–H and O–H groups in total. The minimum atomic E-state index is -0.837. The maximum absolute atomic E-state index is 13.1. The van der Waals surface area contributed by atoms with Crippen LogP contribution in [0.1, 0.15) is 5.56 Å². The van der Waals surface area contributed by atoms with Gasteiger partial charge in [-0.2, -0.15) is 0 Å². The third-order valence-electron chi connectivity index (χ3n) is 2.11. The van der Waals surface area contributed by atoms with Crippen LogP contribution in [0.4, 0.5) is 8.78 Å². The molecule has 4 heteroatoms. The Labute approximate surface area is 80.4 Å². The zero-order valence-electron chi connectivity index (χ0n) is 7.50. The molecule has 0 atom stereocenters. The molecule has 0 amide bonds. The van der Waals surface area contributed by atoms with Crippen LogP contribution in [0, 0.1) is 11.6 Å². The molecule has 2 rings (SSSR count). The van der Waals surface area contributed by atoms with E-state index in [4.69, 9.17) is 9.47 Å². The summed E-state index contributed by atoms with van der Waals surface area (Å²) in [5, 5.41) is 0. The largest absolute Gasteiger partial charge is 0.376 e. The lowest BCUT2D eigenvalue weighted by atomic mass is 10.2. The molecule has 1 fully saturated rings. The van der Waals surface area contributed by atoms with Crippen molar-refractivity contribution < 1.29 is 18.3 Å². The molecule has 1 aliphatic heterocycles. The molecule has 1 saturated heterocycles. The fourth-order valence-corrected chi connectivity index (χ4v) is 1.18. The average molecular weight is 200 g/mol. The fourth-order valence-electron chi connectivity index (χ4n) is 1.18. The Kier molecular flexibility index (Phi) is 2.74. The van der Waals surface area contributed by atoms with E-state index in [1.54, 1.807) is 0 Å². The molecule has 14 heavy (non-hydrogen) atoms. The number of ether oxygens (including phenoxy) is 2. The van der Waals surface area contributed by atoms with Gasteiger partial charge in [-0.25, -0.2) is 8.78 Å². The standard InChI is InChI=1S/C10H10F2O2/c11-9-3-1-2-7(10(9)12)4-14-8-5-13-6-8/h1-3,8H,4-6H2. The van der Waals surface area contributed by atoms with Crippen molar-refractivity contribution in [1.29, 1.82) is 0 Å². The number of benzene rings is 1. The van der Waals surface area contributed by atoms with Gasteiger partial charge in [0, 0.05) is 5.56 Å². The number of hydrogen-bond acceptors (Lipinski definition) is 2. The van der Waals surface area contributed by atoms with E-state index in [1.165, 1.54) is 12.1 Å². The number of halogens is 2. The number of hydrogen-bond donors (Lipinski definition) is 0. The quantitative estimate of drug-likeness (QED) is 0.741. The first-order valence-electron chi connectivity index (χ1n) is 4.39. The van der Waals surface area contributed by atoms with Gasteiger partial charge in [-0.1, -0.05) is 12.1 Å². The summed E-state index contributed by atoms with van der Waals surface area (Å²) in [6, 6.07) is 4.07. The minimum Gasteiger partial charge on any atom is -0.376 e. The summed E-state index contributed by atoms with van der Waals surface area (Å²) in [7, 11) is 0. The zero-order chi connectivity index (χ0) is 9.97. The van der Waals surface area contributed by atoms with Crippen molar-refractivity contribution in [3.63, 3.8) is 0 Å². The van der Waals surface area contributed by atoms with Crippen molar-refractivity contribution in [2.45, 2.75) is 12.7 Å². The van der Waals surface area contributed by atoms with Crippen LogP contribution < -0.4 is 0 Å². The van der Waals surface area contributed by atoms with Crippen LogP contribution in [0.3, 0.4) is 0 Å². The maximum atomic E-state index is 13.1. The Morgan fingerprint density at radius 1 is 1.36 bits per heavy atom. The molecule has 1 aromatic rings. The summed E-state index contributed by atoms with van der Waals surface area (Å²) >= 11 is 0. The summed E-state index contributed by atoms with van der Waals surface area (Å²) in [6.45, 7) is 1.17. The fraction of sp³-hybridized carbons (Fsp3) is 0.400. The van der Waals surface area contributed by atoms with Crippen LogP contribution in [0.5, 0.6) is 0 Å². The highest BCUT2D eigenvalue weighted by Crippen LogP contribution is 2.14. The van der Waals surface area contributed by atoms with Crippen LogP contribution >= 0.6 is 0 Å². The van der Waals surface area contributed by atoms with Crippen molar-refractivity contribution in [3.8, 4) is 0 Å². The van der Waals surface area contributed by atoms with Gasteiger partial charge >= 0.3 is 0 Å². The van der Waals surface area contributed by atoms with Gasteiger partial charge in [0.2, 0.25) is 0 Å². The van der Waals surface area contributed by atoms with Crippen molar-refractivity contribution in [3.05, 3.63) is 35.4 Å². The second-order valence-electron chi connectivity index (χ2n) is 3.18. The van der Waals surface area contributed by atoms with Gasteiger partial charge in [0.1, 0.15) is 6.10 Å². The molecule has 0 radical (unpaired) electrons. The smallest absolute Gasteiger partial charge is 0.164 e. The van der Waals surface area contributed by atoms with E-state index < -0.39 is 11.6 Å². The first-order valence-corrected chi connectivity index (χ1v) is 4.39. The second kappa shape index (κ2) is 4.02. The number of rotatable bonds is 3. The van der Waals surface area contributed by atoms with Gasteiger partial charge in [0.05, 0.1) is 19.8 Å². The van der Waals surface area contributed by atoms with Gasteiger partial charge in [-0.15, -0.1) is 0 Å². The Morgan fingerprint density at radius 3 is 2.79 bits per heavy atom. The molecule has 76 valence electrons. The van der Waals surface area contributed by atoms with E-state index in [-0.39, 0.29) is 18.3 Å². The van der Waals surface area contributed by atoms with Crippen LogP contribution in [-0.4, -0.2) is 19.3 Å². The van der Waals surface area contributed by atoms with Gasteiger partial charge < -0.3 is 9.47 Å². The lowest BCUT2D eigenvalue weighted by molar-refractivity contribution is -0.135. The summed E-state index contributed by atoms with van der Waals surface area (Å²) in [4.78, 5) is 0. The van der Waals surface area contributed by atoms with E-state index in [0.29, 0.717) is 13.2 Å². The molecule has 0 aliphatic carbocycles. The molecular formula is C10H10F2O2. The lowest BCUT2D eigenvalue weighted by Gasteiger charge is -2.26. The minimum absolute atomic E-state index is 0.0256. The normalized spacial score (nSPS) is 16.7. The van der Waals surface area contributed by atoms with Gasteiger partial charge in [0.25, 0.3) is 0 Å².